The molecule has 0 saturated heterocycles. The van der Waals surface area contributed by atoms with E-state index in [1.165, 1.54) is 0 Å². The van der Waals surface area contributed by atoms with Crippen molar-refractivity contribution in [2.45, 2.75) is 20.8 Å². The van der Waals surface area contributed by atoms with Crippen molar-refractivity contribution < 1.29 is 32.7 Å². The van der Waals surface area contributed by atoms with Gasteiger partial charge in [-0.1, -0.05) is 26.7 Å². The number of rotatable bonds is 1. The molecule has 1 radical (unpaired) electrons. The third kappa shape index (κ3) is 7.10. The molecule has 0 heterocycles. The van der Waals surface area contributed by atoms with Gasteiger partial charge in [0.15, 0.2) is 0 Å². The smallest absolute Gasteiger partial charge is 0 e. The van der Waals surface area contributed by atoms with Crippen LogP contribution in [-0.4, -0.2) is 0 Å². The Hall–Kier alpha value is 1.10. The molecule has 0 aromatic heterocycles. The van der Waals surface area contributed by atoms with Crippen molar-refractivity contribution in [2.24, 2.45) is 11.8 Å². The molecule has 0 bridgehead atoms. The Morgan fingerprint density at radius 1 is 1.14 bits per heavy atom. The van der Waals surface area contributed by atoms with E-state index in [0.717, 1.165) is 5.92 Å². The van der Waals surface area contributed by atoms with Crippen molar-refractivity contribution in [3.63, 3.8) is 0 Å². The summed E-state index contributed by atoms with van der Waals surface area (Å²) in [5.74, 6) is 1.34. The molecule has 0 nitrogen and oxygen atoms in total. The first kappa shape index (κ1) is 11.0. The van der Waals surface area contributed by atoms with Crippen LogP contribution >= 0.6 is 0 Å². The summed E-state index contributed by atoms with van der Waals surface area (Å²) < 4.78 is 0. The zero-order chi connectivity index (χ0) is 5.15. The van der Waals surface area contributed by atoms with Crippen molar-refractivity contribution in [1.29, 1.82) is 0 Å². The fraction of sp³-hybridized carbons (Fsp3) is 0.833. The third-order valence-corrected chi connectivity index (χ3v) is 1.14. The summed E-state index contributed by atoms with van der Waals surface area (Å²) in [7, 11) is 0. The Bertz CT molecular complexity index is 25.2. The van der Waals surface area contributed by atoms with Crippen LogP contribution in [0.3, 0.4) is 0 Å². The van der Waals surface area contributed by atoms with E-state index >= 15 is 0 Å². The van der Waals surface area contributed by atoms with Gasteiger partial charge in [-0.25, -0.2) is 0 Å². The zero-order valence-corrected chi connectivity index (χ0v) is 8.28. The average Bonchev–Trinajstić information content (AvgIpc) is 1.36. The molecule has 1 heteroatoms. The Morgan fingerprint density at radius 2 is 1.29 bits per heavy atom. The second-order valence-electron chi connectivity index (χ2n) is 2.22. The van der Waals surface area contributed by atoms with Crippen LogP contribution in [0.15, 0.2) is 0 Å². The van der Waals surface area contributed by atoms with E-state index < -0.39 is 0 Å². The first-order chi connectivity index (χ1) is 2.64. The van der Waals surface area contributed by atoms with E-state index in [-0.39, 0.29) is 32.7 Å². The molecule has 0 fully saturated rings. The van der Waals surface area contributed by atoms with Crippen molar-refractivity contribution >= 4 is 0 Å². The van der Waals surface area contributed by atoms with Gasteiger partial charge in [-0.2, -0.15) is 5.92 Å². The first-order valence-electron chi connectivity index (χ1n) is 2.47. The van der Waals surface area contributed by atoms with Gasteiger partial charge >= 0.3 is 0 Å². The van der Waals surface area contributed by atoms with Crippen molar-refractivity contribution in [3.8, 4) is 0 Å². The Morgan fingerprint density at radius 3 is 1.29 bits per heavy atom. The summed E-state index contributed by atoms with van der Waals surface area (Å²) in [5, 5.41) is 0. The molecular weight excluding hydrogens is 161 g/mol. The molecule has 0 rings (SSSR count). The van der Waals surface area contributed by atoms with Crippen LogP contribution < -0.4 is 0 Å². The van der Waals surface area contributed by atoms with E-state index in [1.54, 1.807) is 0 Å². The molecule has 7 heavy (non-hydrogen) atoms. The monoisotopic (exact) mass is 174 g/mol. The molecule has 0 aromatic rings. The Balaban J connectivity index is 0. The molecule has 0 aliphatic heterocycles. The summed E-state index contributed by atoms with van der Waals surface area (Å²) in [6, 6.07) is 0. The molecular formula is C6H13Y-. The van der Waals surface area contributed by atoms with Gasteiger partial charge in [-0.3, -0.25) is 0 Å². The summed E-state index contributed by atoms with van der Waals surface area (Å²) in [4.78, 5) is 0. The molecule has 0 spiro atoms. The average molecular weight is 174 g/mol. The SMILES string of the molecule is [CH2-]C(C)C(C)C.[Y]. The van der Waals surface area contributed by atoms with E-state index in [9.17, 15) is 0 Å². The van der Waals surface area contributed by atoms with Crippen molar-refractivity contribution in [1.82, 2.24) is 0 Å². The van der Waals surface area contributed by atoms with Crippen molar-refractivity contribution in [3.05, 3.63) is 6.92 Å². The van der Waals surface area contributed by atoms with Crippen LogP contribution in [-0.2, 0) is 32.7 Å². The van der Waals surface area contributed by atoms with Crippen LogP contribution in [0.25, 0.3) is 0 Å². The Labute approximate surface area is 71.9 Å². The van der Waals surface area contributed by atoms with E-state index in [2.05, 4.69) is 27.7 Å². The van der Waals surface area contributed by atoms with Gasteiger partial charge in [0, 0.05) is 32.7 Å². The van der Waals surface area contributed by atoms with E-state index in [1.807, 2.05) is 0 Å². The predicted octanol–water partition coefficient (Wildman–Crippen LogP) is 2.11. The number of hydrogen-bond donors (Lipinski definition) is 0. The van der Waals surface area contributed by atoms with Gasteiger partial charge in [0.25, 0.3) is 0 Å². The summed E-state index contributed by atoms with van der Waals surface area (Å²) >= 11 is 0. The minimum absolute atomic E-state index is 0. The van der Waals surface area contributed by atoms with Crippen molar-refractivity contribution in [2.75, 3.05) is 0 Å². The zero-order valence-electron chi connectivity index (χ0n) is 5.44. The minimum Gasteiger partial charge on any atom is -0.340 e. The standard InChI is InChI=1S/C6H13.Y/c1-5(2)6(3)4;/h5-6H,1H2,2-4H3;/q-1;. The molecule has 0 amide bonds. The minimum atomic E-state index is 0. The molecule has 0 aliphatic rings. The summed E-state index contributed by atoms with van der Waals surface area (Å²) in [6.45, 7) is 10.3. The van der Waals surface area contributed by atoms with Gasteiger partial charge in [0.2, 0.25) is 0 Å². The number of hydrogen-bond acceptors (Lipinski definition) is 0. The summed E-state index contributed by atoms with van der Waals surface area (Å²) in [5.41, 5.74) is 0. The predicted molar refractivity (Wildman–Crippen MR) is 29.4 cm³/mol. The molecule has 41 valence electrons. The van der Waals surface area contributed by atoms with Crippen LogP contribution in [0.2, 0.25) is 0 Å². The molecule has 0 N–H and O–H groups in total. The van der Waals surface area contributed by atoms with Crippen LogP contribution in [0.4, 0.5) is 0 Å². The van der Waals surface area contributed by atoms with E-state index in [0.29, 0.717) is 5.92 Å². The Kier molecular flexibility index (Phi) is 8.22. The second kappa shape index (κ2) is 5.24. The largest absolute Gasteiger partial charge is 0.340 e. The molecule has 0 aromatic carbocycles. The van der Waals surface area contributed by atoms with Gasteiger partial charge in [0.05, 0.1) is 0 Å². The quantitative estimate of drug-likeness (QED) is 0.534. The maximum Gasteiger partial charge on any atom is 0 e. The summed E-state index contributed by atoms with van der Waals surface area (Å²) in [6.07, 6.45) is 0. The second-order valence-corrected chi connectivity index (χ2v) is 2.22. The van der Waals surface area contributed by atoms with Gasteiger partial charge < -0.3 is 6.92 Å². The molecule has 0 aliphatic carbocycles. The van der Waals surface area contributed by atoms with Crippen LogP contribution in [0.1, 0.15) is 20.8 Å². The fourth-order valence-electron chi connectivity index (χ4n) is 0. The normalized spacial score (nSPS) is 13.3. The van der Waals surface area contributed by atoms with Crippen LogP contribution in [0.5, 0.6) is 0 Å². The van der Waals surface area contributed by atoms with Crippen LogP contribution in [0, 0.1) is 18.8 Å². The van der Waals surface area contributed by atoms with Gasteiger partial charge in [-0.15, -0.1) is 0 Å². The van der Waals surface area contributed by atoms with E-state index in [4.69, 9.17) is 0 Å². The van der Waals surface area contributed by atoms with Gasteiger partial charge in [0.1, 0.15) is 0 Å². The first-order valence-corrected chi connectivity index (χ1v) is 2.47. The maximum absolute atomic E-state index is 3.84. The fourth-order valence-corrected chi connectivity index (χ4v) is 0. The maximum atomic E-state index is 3.84. The topological polar surface area (TPSA) is 0 Å². The third-order valence-electron chi connectivity index (χ3n) is 1.14. The molecule has 1 atom stereocenters. The molecule has 1 unspecified atom stereocenters. The van der Waals surface area contributed by atoms with Gasteiger partial charge in [-0.05, 0) is 0 Å². The molecule has 0 saturated carbocycles.